The topological polar surface area (TPSA) is 0 Å². The molecule has 5 rings (SSSR count). The molecule has 0 bridgehead atoms. The van der Waals surface area contributed by atoms with E-state index in [1.54, 1.807) is 0 Å². The highest BCUT2D eigenvalue weighted by Gasteiger charge is 2.59. The smallest absolute Gasteiger partial charge is 0.0287 e. The van der Waals surface area contributed by atoms with E-state index in [1.165, 1.54) is 79.7 Å². The summed E-state index contributed by atoms with van der Waals surface area (Å²) in [4.78, 5) is 0. The molecule has 0 N–H and O–H groups in total. The Morgan fingerprint density at radius 2 is 1.70 bits per heavy atom. The molecule has 0 heteroatoms. The van der Waals surface area contributed by atoms with Gasteiger partial charge in [-0.05, 0) is 146 Å². The van der Waals surface area contributed by atoms with Gasteiger partial charge in [-0.15, -0.1) is 0 Å². The van der Waals surface area contributed by atoms with Crippen LogP contribution in [-0.4, -0.2) is 0 Å². The van der Waals surface area contributed by atoms with Crippen LogP contribution in [0.1, 0.15) is 128 Å². The Morgan fingerprint density at radius 1 is 1.00 bits per heavy atom. The van der Waals surface area contributed by atoms with Crippen molar-refractivity contribution in [1.29, 1.82) is 0 Å². The van der Waals surface area contributed by atoms with Gasteiger partial charge in [-0.1, -0.05) is 89.0 Å². The Morgan fingerprint density at radius 3 is 2.30 bits per heavy atom. The molecule has 0 heterocycles. The maximum atomic E-state index is 4.90. The van der Waals surface area contributed by atoms with Gasteiger partial charge in [0.25, 0.3) is 0 Å². The van der Waals surface area contributed by atoms with E-state index < -0.39 is 0 Å². The van der Waals surface area contributed by atoms with E-state index in [2.05, 4.69) is 92.9 Å². The molecule has 4 aliphatic rings. The first-order valence-electron chi connectivity index (χ1n) is 15.5. The minimum atomic E-state index is -0.129. The molecule has 0 aliphatic heterocycles. The van der Waals surface area contributed by atoms with Gasteiger partial charge in [0, 0.05) is 11.0 Å². The summed E-state index contributed by atoms with van der Waals surface area (Å²) in [6.07, 6.45) is 10.5. The number of rotatable bonds is 2. The lowest BCUT2D eigenvalue weighted by atomic mass is 9.41. The SMILES string of the molecule is C=C(C)C1=C(C)C[C@@]2(C)C[C@@]3(C)Cc4c(C(C)C)cc(C#CC5=CCCCC5)c(C)c4C(=C)C3=C(C)[C@@]2(C)C1=C. The number of hydrogen-bond donors (Lipinski definition) is 0. The van der Waals surface area contributed by atoms with Gasteiger partial charge in [0.05, 0.1) is 0 Å². The van der Waals surface area contributed by atoms with Crippen molar-refractivity contribution < 1.29 is 0 Å². The molecule has 0 amide bonds. The second-order valence-electron chi connectivity index (χ2n) is 14.5. The minimum absolute atomic E-state index is 0.0416. The van der Waals surface area contributed by atoms with Gasteiger partial charge in [-0.25, -0.2) is 0 Å². The zero-order valence-electron chi connectivity index (χ0n) is 26.8. The summed E-state index contributed by atoms with van der Waals surface area (Å²) in [6, 6.07) is 2.41. The summed E-state index contributed by atoms with van der Waals surface area (Å²) >= 11 is 0. The lowest BCUT2D eigenvalue weighted by Crippen LogP contribution is -2.52. The van der Waals surface area contributed by atoms with Crippen molar-refractivity contribution >= 4 is 5.57 Å². The fourth-order valence-corrected chi connectivity index (χ4v) is 9.37. The summed E-state index contributed by atoms with van der Waals surface area (Å²) in [7, 11) is 0. The molecule has 4 aliphatic carbocycles. The zero-order chi connectivity index (χ0) is 29.4. The minimum Gasteiger partial charge on any atom is -0.0955 e. The maximum absolute atomic E-state index is 4.90. The lowest BCUT2D eigenvalue weighted by molar-refractivity contribution is 0.0543. The normalized spacial score (nSPS) is 29.9. The third-order valence-electron chi connectivity index (χ3n) is 11.3. The average Bonchev–Trinajstić information content (AvgIpc) is 2.85. The van der Waals surface area contributed by atoms with Gasteiger partial charge >= 0.3 is 0 Å². The van der Waals surface area contributed by atoms with E-state index in [4.69, 9.17) is 13.2 Å². The third-order valence-corrected chi connectivity index (χ3v) is 11.3. The van der Waals surface area contributed by atoms with Gasteiger partial charge < -0.3 is 0 Å². The first kappa shape index (κ1) is 28.7. The highest BCUT2D eigenvalue weighted by atomic mass is 14.6. The molecule has 3 atom stereocenters. The van der Waals surface area contributed by atoms with Crippen LogP contribution in [0, 0.1) is 35.0 Å². The Labute approximate surface area is 245 Å². The van der Waals surface area contributed by atoms with E-state index >= 15 is 0 Å². The standard InChI is InChI=1S/C40H50/c1-24(2)33-20-32(19-18-31-16-14-13-15-17-31)27(6)36-28(7)37-30(9)40(12)29(8)35(25(3)4)26(5)21-39(40,11)23-38(37,10)22-34(33)36/h16,20,24H,3,7-8,13-15,17,21-23H2,1-2,4-6,9-12H3/t38-,39+,40-/m1/s1. The molecule has 0 spiro atoms. The summed E-state index contributed by atoms with van der Waals surface area (Å²) in [6.45, 7) is 35.3. The van der Waals surface area contributed by atoms with Crippen molar-refractivity contribution in [2.75, 3.05) is 0 Å². The van der Waals surface area contributed by atoms with Crippen LogP contribution in [0.5, 0.6) is 0 Å². The van der Waals surface area contributed by atoms with Crippen LogP contribution in [-0.2, 0) is 6.42 Å². The van der Waals surface area contributed by atoms with Crippen LogP contribution in [0.2, 0.25) is 0 Å². The van der Waals surface area contributed by atoms with E-state index in [0.717, 1.165) is 37.7 Å². The quantitative estimate of drug-likeness (QED) is 0.334. The summed E-state index contributed by atoms with van der Waals surface area (Å²) in [5.41, 5.74) is 17.4. The molecule has 0 saturated heterocycles. The molecule has 0 unspecified atom stereocenters. The highest BCUT2D eigenvalue weighted by Crippen LogP contribution is 2.70. The molecule has 0 saturated carbocycles. The van der Waals surface area contributed by atoms with Crippen LogP contribution in [0.25, 0.3) is 5.57 Å². The van der Waals surface area contributed by atoms with Crippen LogP contribution >= 0.6 is 0 Å². The Kier molecular flexibility index (Phi) is 6.94. The van der Waals surface area contributed by atoms with Crippen LogP contribution in [0.4, 0.5) is 0 Å². The lowest BCUT2D eigenvalue weighted by Gasteiger charge is -2.62. The van der Waals surface area contributed by atoms with Crippen LogP contribution in [0.15, 0.2) is 70.9 Å². The van der Waals surface area contributed by atoms with E-state index in [0.29, 0.717) is 5.92 Å². The molecule has 1 aromatic carbocycles. The summed E-state index contributed by atoms with van der Waals surface area (Å²) < 4.78 is 0. The van der Waals surface area contributed by atoms with Crippen molar-refractivity contribution in [2.45, 2.75) is 113 Å². The van der Waals surface area contributed by atoms with Crippen LogP contribution in [0.3, 0.4) is 0 Å². The van der Waals surface area contributed by atoms with Crippen molar-refractivity contribution in [1.82, 2.24) is 0 Å². The Balaban J connectivity index is 1.73. The summed E-state index contributed by atoms with van der Waals surface area (Å²) in [5, 5.41) is 0. The van der Waals surface area contributed by atoms with Crippen molar-refractivity contribution in [2.24, 2.45) is 16.2 Å². The molecular formula is C40H50. The monoisotopic (exact) mass is 530 g/mol. The third kappa shape index (κ3) is 4.03. The van der Waals surface area contributed by atoms with Gasteiger partial charge in [0.15, 0.2) is 0 Å². The fraction of sp³-hybridized carbons (Fsp3) is 0.500. The number of allylic oxidation sites excluding steroid dienone is 9. The average molecular weight is 531 g/mol. The Hall–Kier alpha value is -2.78. The molecule has 1 aromatic rings. The molecule has 40 heavy (non-hydrogen) atoms. The first-order valence-corrected chi connectivity index (χ1v) is 15.5. The number of benzene rings is 1. The highest BCUT2D eigenvalue weighted by molar-refractivity contribution is 5.88. The second kappa shape index (κ2) is 9.65. The fourth-order valence-electron chi connectivity index (χ4n) is 9.37. The largest absolute Gasteiger partial charge is 0.0955 e. The predicted molar refractivity (Wildman–Crippen MR) is 174 cm³/mol. The van der Waals surface area contributed by atoms with E-state index in [-0.39, 0.29) is 16.2 Å². The molecule has 0 aromatic heterocycles. The van der Waals surface area contributed by atoms with Crippen molar-refractivity contribution in [3.63, 3.8) is 0 Å². The van der Waals surface area contributed by atoms with Crippen molar-refractivity contribution in [3.05, 3.63) is 98.7 Å². The van der Waals surface area contributed by atoms with Gasteiger partial charge in [-0.2, -0.15) is 0 Å². The second-order valence-corrected chi connectivity index (χ2v) is 14.5. The van der Waals surface area contributed by atoms with Gasteiger partial charge in [-0.3, -0.25) is 0 Å². The predicted octanol–water partition coefficient (Wildman–Crippen LogP) is 11.1. The zero-order valence-corrected chi connectivity index (χ0v) is 26.8. The molecule has 0 fully saturated rings. The molecule has 0 radical (unpaired) electrons. The number of hydrogen-bond acceptors (Lipinski definition) is 0. The van der Waals surface area contributed by atoms with Gasteiger partial charge in [0.1, 0.15) is 0 Å². The Bertz CT molecular complexity index is 1520. The van der Waals surface area contributed by atoms with E-state index in [9.17, 15) is 0 Å². The molecular weight excluding hydrogens is 480 g/mol. The van der Waals surface area contributed by atoms with Crippen LogP contribution < -0.4 is 0 Å². The van der Waals surface area contributed by atoms with Crippen molar-refractivity contribution in [3.8, 4) is 11.8 Å². The van der Waals surface area contributed by atoms with Gasteiger partial charge in [0.2, 0.25) is 0 Å². The number of fused-ring (bicyclic) bond motifs is 3. The maximum Gasteiger partial charge on any atom is 0.0287 e. The molecule has 210 valence electrons. The summed E-state index contributed by atoms with van der Waals surface area (Å²) in [5.74, 6) is 7.62. The molecule has 0 nitrogen and oxygen atoms in total. The first-order chi connectivity index (χ1) is 18.7. The van der Waals surface area contributed by atoms with E-state index in [1.807, 2.05) is 0 Å².